The van der Waals surface area contributed by atoms with Crippen molar-refractivity contribution in [3.05, 3.63) is 29.3 Å². The van der Waals surface area contributed by atoms with Gasteiger partial charge in [0.1, 0.15) is 6.04 Å². The van der Waals surface area contributed by atoms with Gasteiger partial charge in [0.2, 0.25) is 10.0 Å². The largest absolute Gasteiger partial charge is 0.324 e. The topological polar surface area (TPSA) is 64.2 Å². The number of nitrogens with zero attached hydrogens (tertiary/aromatic N) is 4. The summed E-state index contributed by atoms with van der Waals surface area (Å²) in [7, 11) is -3.50. The molecular formula is C20H28N4O3S2. The number of aryl methyl sites for hydroxylation is 2. The smallest absolute Gasteiger partial charge is 0.251 e. The van der Waals surface area contributed by atoms with E-state index in [0.717, 1.165) is 24.0 Å². The lowest BCUT2D eigenvalue weighted by Gasteiger charge is -2.37. The molecule has 0 spiro atoms. The maximum absolute atomic E-state index is 13.1. The first kappa shape index (κ1) is 20.7. The molecule has 3 aliphatic rings. The van der Waals surface area contributed by atoms with Crippen LogP contribution in [0, 0.1) is 13.8 Å². The molecule has 2 heterocycles. The van der Waals surface area contributed by atoms with Gasteiger partial charge in [-0.05, 0) is 63.0 Å². The highest BCUT2D eigenvalue weighted by molar-refractivity contribution is 7.89. The number of thiocarbonyl (C=S) groups is 1. The highest BCUT2D eigenvalue weighted by Gasteiger charge is 2.47. The first-order chi connectivity index (χ1) is 13.7. The Balaban J connectivity index is 1.40. The lowest BCUT2D eigenvalue weighted by molar-refractivity contribution is -0.128. The van der Waals surface area contributed by atoms with Crippen LogP contribution in [0.4, 0.5) is 0 Å². The van der Waals surface area contributed by atoms with Crippen LogP contribution in [-0.2, 0) is 14.8 Å². The van der Waals surface area contributed by atoms with E-state index in [2.05, 4.69) is 4.90 Å². The normalized spacial score (nSPS) is 24.6. The third kappa shape index (κ3) is 3.81. The standard InChI is InChI=1S/C20H28N4O3S2/c1-14-4-5-15(2)18(12-14)29(26,27)22-10-8-21(9-11-22)13-23-16(3)19(25)24(20(23)28)17-6-7-17/h4-5,12,16-17H,6-11,13H2,1-3H3. The fourth-order valence-corrected chi connectivity index (χ4v) is 6.22. The summed E-state index contributed by atoms with van der Waals surface area (Å²) in [5.41, 5.74) is 1.71. The number of carbonyl (C=O) groups excluding carboxylic acids is 1. The molecule has 1 amide bonds. The Morgan fingerprint density at radius 3 is 2.38 bits per heavy atom. The van der Waals surface area contributed by atoms with Crippen molar-refractivity contribution in [3.63, 3.8) is 0 Å². The zero-order chi connectivity index (χ0) is 20.9. The minimum atomic E-state index is -3.50. The quantitative estimate of drug-likeness (QED) is 0.653. The van der Waals surface area contributed by atoms with Crippen LogP contribution in [0.25, 0.3) is 0 Å². The van der Waals surface area contributed by atoms with E-state index in [-0.39, 0.29) is 18.0 Å². The molecule has 1 aromatic rings. The molecule has 158 valence electrons. The zero-order valence-electron chi connectivity index (χ0n) is 17.2. The molecular weight excluding hydrogens is 408 g/mol. The summed E-state index contributed by atoms with van der Waals surface area (Å²) >= 11 is 5.57. The second-order valence-electron chi connectivity index (χ2n) is 8.30. The van der Waals surface area contributed by atoms with Crippen LogP contribution in [0.2, 0.25) is 0 Å². The van der Waals surface area contributed by atoms with Gasteiger partial charge in [0.25, 0.3) is 5.91 Å². The van der Waals surface area contributed by atoms with E-state index in [4.69, 9.17) is 12.2 Å². The fourth-order valence-electron chi connectivity index (χ4n) is 4.04. The Morgan fingerprint density at radius 1 is 1.10 bits per heavy atom. The number of carbonyl (C=O) groups is 1. The van der Waals surface area contributed by atoms with Gasteiger partial charge in [-0.1, -0.05) is 12.1 Å². The number of benzene rings is 1. The minimum absolute atomic E-state index is 0.0913. The van der Waals surface area contributed by atoms with Crippen LogP contribution in [0.3, 0.4) is 0 Å². The van der Waals surface area contributed by atoms with Crippen LogP contribution in [-0.4, -0.2) is 83.4 Å². The van der Waals surface area contributed by atoms with Crippen molar-refractivity contribution in [2.45, 2.75) is 50.6 Å². The van der Waals surface area contributed by atoms with E-state index in [9.17, 15) is 13.2 Å². The van der Waals surface area contributed by atoms with E-state index in [1.807, 2.05) is 37.8 Å². The summed E-state index contributed by atoms with van der Waals surface area (Å²) in [6, 6.07) is 5.57. The summed E-state index contributed by atoms with van der Waals surface area (Å²) in [4.78, 5) is 18.9. The number of rotatable bonds is 5. The number of sulfonamides is 1. The highest BCUT2D eigenvalue weighted by Crippen LogP contribution is 2.33. The summed E-state index contributed by atoms with van der Waals surface area (Å²) < 4.78 is 27.8. The lowest BCUT2D eigenvalue weighted by Crippen LogP contribution is -2.53. The second kappa shape index (κ2) is 7.61. The number of amides is 1. The van der Waals surface area contributed by atoms with Gasteiger partial charge in [0.05, 0.1) is 11.6 Å². The molecule has 3 fully saturated rings. The van der Waals surface area contributed by atoms with Gasteiger partial charge in [0, 0.05) is 32.2 Å². The Kier molecular flexibility index (Phi) is 5.43. The molecule has 7 nitrogen and oxygen atoms in total. The van der Waals surface area contributed by atoms with Crippen LogP contribution >= 0.6 is 12.2 Å². The summed E-state index contributed by atoms with van der Waals surface area (Å²) in [6.07, 6.45) is 2.06. The van der Waals surface area contributed by atoms with E-state index in [1.54, 1.807) is 15.3 Å². The van der Waals surface area contributed by atoms with Crippen molar-refractivity contribution in [3.8, 4) is 0 Å². The SMILES string of the molecule is Cc1ccc(C)c(S(=O)(=O)N2CCN(CN3C(=S)N(C4CC4)C(=O)C3C)CC2)c1. The van der Waals surface area contributed by atoms with Crippen molar-refractivity contribution in [2.75, 3.05) is 32.8 Å². The minimum Gasteiger partial charge on any atom is -0.324 e. The van der Waals surface area contributed by atoms with Crippen LogP contribution in [0.15, 0.2) is 23.1 Å². The molecule has 1 saturated carbocycles. The van der Waals surface area contributed by atoms with Gasteiger partial charge in [-0.25, -0.2) is 8.42 Å². The maximum atomic E-state index is 13.1. The molecule has 0 bridgehead atoms. The van der Waals surface area contributed by atoms with E-state index < -0.39 is 10.0 Å². The molecule has 1 aliphatic carbocycles. The molecule has 1 atom stereocenters. The van der Waals surface area contributed by atoms with E-state index >= 15 is 0 Å². The third-order valence-electron chi connectivity index (χ3n) is 6.07. The number of piperazine rings is 1. The van der Waals surface area contributed by atoms with Crippen molar-refractivity contribution >= 4 is 33.3 Å². The van der Waals surface area contributed by atoms with Gasteiger partial charge in [0.15, 0.2) is 5.11 Å². The monoisotopic (exact) mass is 436 g/mol. The molecule has 2 aliphatic heterocycles. The van der Waals surface area contributed by atoms with Gasteiger partial charge < -0.3 is 4.90 Å². The average Bonchev–Trinajstić information content (AvgIpc) is 3.49. The van der Waals surface area contributed by atoms with Crippen molar-refractivity contribution in [2.24, 2.45) is 0 Å². The first-order valence-corrected chi connectivity index (χ1v) is 12.0. The Bertz CT molecular complexity index is 937. The number of hydrogen-bond donors (Lipinski definition) is 0. The molecule has 4 rings (SSSR count). The van der Waals surface area contributed by atoms with Crippen molar-refractivity contribution in [1.82, 2.24) is 19.0 Å². The molecule has 9 heteroatoms. The fraction of sp³-hybridized carbons (Fsp3) is 0.600. The van der Waals surface area contributed by atoms with Crippen LogP contribution < -0.4 is 0 Å². The van der Waals surface area contributed by atoms with E-state index in [1.165, 1.54) is 0 Å². The molecule has 0 radical (unpaired) electrons. The molecule has 1 aromatic carbocycles. The van der Waals surface area contributed by atoms with E-state index in [0.29, 0.717) is 42.9 Å². The Labute approximate surface area is 178 Å². The van der Waals surface area contributed by atoms with Crippen LogP contribution in [0.5, 0.6) is 0 Å². The highest BCUT2D eigenvalue weighted by atomic mass is 32.2. The average molecular weight is 437 g/mol. The lowest BCUT2D eigenvalue weighted by atomic mass is 10.2. The second-order valence-corrected chi connectivity index (χ2v) is 10.6. The Hall–Kier alpha value is -1.55. The maximum Gasteiger partial charge on any atom is 0.251 e. The summed E-state index contributed by atoms with van der Waals surface area (Å²) in [5, 5.41) is 0.621. The molecule has 29 heavy (non-hydrogen) atoms. The third-order valence-corrected chi connectivity index (χ3v) is 8.54. The number of hydrogen-bond acceptors (Lipinski definition) is 5. The van der Waals surface area contributed by atoms with Gasteiger partial charge in [-0.2, -0.15) is 4.31 Å². The summed E-state index contributed by atoms with van der Waals surface area (Å²) in [5.74, 6) is 0.0913. The van der Waals surface area contributed by atoms with Crippen molar-refractivity contribution in [1.29, 1.82) is 0 Å². The van der Waals surface area contributed by atoms with Gasteiger partial charge in [-0.3, -0.25) is 14.6 Å². The molecule has 0 N–H and O–H groups in total. The van der Waals surface area contributed by atoms with Crippen LogP contribution in [0.1, 0.15) is 30.9 Å². The first-order valence-electron chi connectivity index (χ1n) is 10.1. The zero-order valence-corrected chi connectivity index (χ0v) is 18.8. The predicted octanol–water partition coefficient (Wildman–Crippen LogP) is 1.55. The van der Waals surface area contributed by atoms with Crippen molar-refractivity contribution < 1.29 is 13.2 Å². The van der Waals surface area contributed by atoms with Gasteiger partial charge in [-0.15, -0.1) is 0 Å². The molecule has 2 saturated heterocycles. The molecule has 1 unspecified atom stereocenters. The molecule has 0 aromatic heterocycles. The predicted molar refractivity (Wildman–Crippen MR) is 115 cm³/mol. The summed E-state index contributed by atoms with van der Waals surface area (Å²) in [6.45, 7) is 8.31. The Morgan fingerprint density at radius 2 is 1.76 bits per heavy atom. The van der Waals surface area contributed by atoms with Gasteiger partial charge >= 0.3 is 0 Å².